The Kier molecular flexibility index (Phi) is 2.88. The molecular formula is C11H13NO2S. The van der Waals surface area contributed by atoms with Gasteiger partial charge in [-0.2, -0.15) is 0 Å². The molecule has 1 aromatic heterocycles. The number of rotatable bonds is 2. The number of carbonyl (C=O) groups is 1. The zero-order chi connectivity index (χ0) is 10.8. The lowest BCUT2D eigenvalue weighted by atomic mass is 10.1. The molecule has 0 aromatic carbocycles. The molecule has 0 radical (unpaired) electrons. The molecule has 0 aliphatic carbocycles. The largest absolute Gasteiger partial charge is 0.478 e. The highest BCUT2D eigenvalue weighted by Gasteiger charge is 2.15. The summed E-state index contributed by atoms with van der Waals surface area (Å²) in [5.41, 5.74) is 1.35. The van der Waals surface area contributed by atoms with Crippen molar-refractivity contribution in [3.8, 4) is 0 Å². The maximum atomic E-state index is 10.4. The molecule has 0 fully saturated rings. The van der Waals surface area contributed by atoms with Crippen LogP contribution in [0, 0.1) is 0 Å². The van der Waals surface area contributed by atoms with Crippen molar-refractivity contribution in [2.45, 2.75) is 13.0 Å². The van der Waals surface area contributed by atoms with Crippen molar-refractivity contribution < 1.29 is 9.90 Å². The second-order valence-corrected chi connectivity index (χ2v) is 4.92. The summed E-state index contributed by atoms with van der Waals surface area (Å²) >= 11 is 1.70. The first-order valence-corrected chi connectivity index (χ1v) is 5.68. The fourth-order valence-electron chi connectivity index (χ4n) is 1.73. The van der Waals surface area contributed by atoms with E-state index in [4.69, 9.17) is 5.11 Å². The van der Waals surface area contributed by atoms with Gasteiger partial charge in [0.05, 0.1) is 0 Å². The minimum absolute atomic E-state index is 0.890. The highest BCUT2D eigenvalue weighted by molar-refractivity contribution is 7.13. The molecule has 0 spiro atoms. The van der Waals surface area contributed by atoms with Gasteiger partial charge < -0.3 is 10.0 Å². The van der Waals surface area contributed by atoms with Crippen molar-refractivity contribution >= 4 is 23.4 Å². The predicted octanol–water partition coefficient (Wildman–Crippen LogP) is 1.83. The summed E-state index contributed by atoms with van der Waals surface area (Å²) in [6.07, 6.45) is 3.95. The van der Waals surface area contributed by atoms with Gasteiger partial charge in [0.1, 0.15) is 0 Å². The molecule has 3 nitrogen and oxygen atoms in total. The van der Waals surface area contributed by atoms with Crippen LogP contribution in [-0.4, -0.2) is 29.6 Å². The zero-order valence-electron chi connectivity index (χ0n) is 8.56. The van der Waals surface area contributed by atoms with Crippen molar-refractivity contribution in [2.24, 2.45) is 0 Å². The molecule has 2 rings (SSSR count). The van der Waals surface area contributed by atoms with Crippen LogP contribution in [-0.2, 0) is 17.8 Å². The van der Waals surface area contributed by atoms with Crippen LogP contribution in [0.1, 0.15) is 15.3 Å². The van der Waals surface area contributed by atoms with Crippen LogP contribution in [0.25, 0.3) is 6.08 Å². The van der Waals surface area contributed by atoms with Gasteiger partial charge in [0.2, 0.25) is 0 Å². The Balaban J connectivity index is 2.19. The third-order valence-corrected chi connectivity index (χ3v) is 3.67. The molecule has 0 amide bonds. The number of hydrogen-bond donors (Lipinski definition) is 1. The summed E-state index contributed by atoms with van der Waals surface area (Å²) in [4.78, 5) is 15.1. The molecule has 1 aliphatic heterocycles. The maximum Gasteiger partial charge on any atom is 0.328 e. The molecule has 4 heteroatoms. The number of aliphatic carboxylic acids is 1. The fourth-order valence-corrected chi connectivity index (χ4v) is 2.80. The van der Waals surface area contributed by atoms with E-state index < -0.39 is 5.97 Å². The highest BCUT2D eigenvalue weighted by atomic mass is 32.1. The molecule has 0 atom stereocenters. The smallest absolute Gasteiger partial charge is 0.328 e. The van der Waals surface area contributed by atoms with Gasteiger partial charge in [-0.05, 0) is 31.2 Å². The first-order valence-electron chi connectivity index (χ1n) is 4.86. The van der Waals surface area contributed by atoms with E-state index in [1.165, 1.54) is 16.5 Å². The predicted molar refractivity (Wildman–Crippen MR) is 61.0 cm³/mol. The zero-order valence-corrected chi connectivity index (χ0v) is 9.38. The van der Waals surface area contributed by atoms with E-state index in [2.05, 4.69) is 18.0 Å². The number of nitrogens with zero attached hydrogens (tertiary/aromatic N) is 1. The Morgan fingerprint density at radius 3 is 3.20 bits per heavy atom. The second kappa shape index (κ2) is 4.16. The molecule has 1 aliphatic rings. The summed E-state index contributed by atoms with van der Waals surface area (Å²) in [5, 5.41) is 8.53. The van der Waals surface area contributed by atoms with E-state index in [9.17, 15) is 4.79 Å². The number of thiophene rings is 1. The highest BCUT2D eigenvalue weighted by Crippen LogP contribution is 2.28. The van der Waals surface area contributed by atoms with Crippen LogP contribution in [0.2, 0.25) is 0 Å². The molecule has 15 heavy (non-hydrogen) atoms. The Morgan fingerprint density at radius 1 is 1.67 bits per heavy atom. The molecular weight excluding hydrogens is 210 g/mol. The van der Waals surface area contributed by atoms with Crippen LogP contribution >= 0.6 is 11.3 Å². The van der Waals surface area contributed by atoms with Crippen molar-refractivity contribution in [1.29, 1.82) is 0 Å². The standard InChI is InChI=1S/C11H13NO2S/c1-12-5-4-10-8(7-12)6-9(15-10)2-3-11(13)14/h2-3,6H,4-5,7H2,1H3,(H,13,14)/b3-2+. The lowest BCUT2D eigenvalue weighted by Crippen LogP contribution is -2.25. The van der Waals surface area contributed by atoms with Gasteiger partial charge in [-0.25, -0.2) is 4.79 Å². The summed E-state index contributed by atoms with van der Waals surface area (Å²) in [6, 6.07) is 2.09. The van der Waals surface area contributed by atoms with Crippen LogP contribution in [0.5, 0.6) is 0 Å². The Bertz CT molecular complexity index is 409. The monoisotopic (exact) mass is 223 g/mol. The van der Waals surface area contributed by atoms with Gasteiger partial charge in [0, 0.05) is 28.9 Å². The molecule has 0 saturated carbocycles. The lowest BCUT2D eigenvalue weighted by molar-refractivity contribution is -0.131. The first kappa shape index (κ1) is 10.4. The van der Waals surface area contributed by atoms with E-state index in [0.29, 0.717) is 0 Å². The first-order chi connectivity index (χ1) is 7.15. The summed E-state index contributed by atoms with van der Waals surface area (Å²) < 4.78 is 0. The van der Waals surface area contributed by atoms with E-state index in [1.54, 1.807) is 17.4 Å². The lowest BCUT2D eigenvalue weighted by Gasteiger charge is -2.21. The number of carboxylic acid groups (broad SMARTS) is 1. The Hall–Kier alpha value is -1.13. The van der Waals surface area contributed by atoms with E-state index >= 15 is 0 Å². The summed E-state index contributed by atoms with van der Waals surface area (Å²) in [6.45, 7) is 2.07. The fraction of sp³-hybridized carbons (Fsp3) is 0.364. The minimum Gasteiger partial charge on any atom is -0.478 e. The third kappa shape index (κ3) is 2.46. The van der Waals surface area contributed by atoms with E-state index in [1.807, 2.05) is 0 Å². The van der Waals surface area contributed by atoms with Crippen LogP contribution in [0.15, 0.2) is 12.1 Å². The summed E-state index contributed by atoms with van der Waals surface area (Å²) in [5.74, 6) is -0.890. The van der Waals surface area contributed by atoms with Crippen LogP contribution in [0.4, 0.5) is 0 Å². The van der Waals surface area contributed by atoms with E-state index in [0.717, 1.165) is 24.4 Å². The quantitative estimate of drug-likeness (QED) is 0.778. The molecule has 0 saturated heterocycles. The van der Waals surface area contributed by atoms with Crippen molar-refractivity contribution in [2.75, 3.05) is 13.6 Å². The van der Waals surface area contributed by atoms with Gasteiger partial charge in [0.25, 0.3) is 0 Å². The van der Waals surface area contributed by atoms with Crippen LogP contribution in [0.3, 0.4) is 0 Å². The van der Waals surface area contributed by atoms with Gasteiger partial charge in [-0.1, -0.05) is 0 Å². The van der Waals surface area contributed by atoms with E-state index in [-0.39, 0.29) is 0 Å². The molecule has 2 heterocycles. The Morgan fingerprint density at radius 2 is 2.47 bits per heavy atom. The third-order valence-electron chi connectivity index (χ3n) is 2.47. The summed E-state index contributed by atoms with van der Waals surface area (Å²) in [7, 11) is 2.10. The SMILES string of the molecule is CN1CCc2sc(/C=C/C(=O)O)cc2C1. The van der Waals surface area contributed by atoms with Gasteiger partial charge in [0.15, 0.2) is 0 Å². The number of likely N-dealkylation sites (N-methyl/N-ethyl adjacent to an activating group) is 1. The van der Waals surface area contributed by atoms with Gasteiger partial charge >= 0.3 is 5.97 Å². The average molecular weight is 223 g/mol. The normalized spacial score (nSPS) is 16.9. The number of fused-ring (bicyclic) bond motifs is 1. The topological polar surface area (TPSA) is 40.5 Å². The Labute approximate surface area is 92.6 Å². The molecule has 0 bridgehead atoms. The van der Waals surface area contributed by atoms with Crippen molar-refractivity contribution in [1.82, 2.24) is 4.90 Å². The molecule has 80 valence electrons. The maximum absolute atomic E-state index is 10.4. The van der Waals surface area contributed by atoms with Crippen LogP contribution < -0.4 is 0 Å². The second-order valence-electron chi connectivity index (χ2n) is 3.76. The van der Waals surface area contributed by atoms with Gasteiger partial charge in [-0.15, -0.1) is 11.3 Å². The van der Waals surface area contributed by atoms with Gasteiger partial charge in [-0.3, -0.25) is 0 Å². The molecule has 1 aromatic rings. The molecule has 1 N–H and O–H groups in total. The number of hydrogen-bond acceptors (Lipinski definition) is 3. The van der Waals surface area contributed by atoms with Crippen molar-refractivity contribution in [3.05, 3.63) is 27.5 Å². The number of carboxylic acids is 1. The minimum atomic E-state index is -0.890. The average Bonchev–Trinajstić information content (AvgIpc) is 2.56. The molecule has 0 unspecified atom stereocenters. The van der Waals surface area contributed by atoms with Crippen molar-refractivity contribution in [3.63, 3.8) is 0 Å².